The summed E-state index contributed by atoms with van der Waals surface area (Å²) < 4.78 is 61.7. The Kier molecular flexibility index (Phi) is 12.3. The number of carbonyl (C=O) groups is 3. The summed E-state index contributed by atoms with van der Waals surface area (Å²) in [6, 6.07) is 9.76. The summed E-state index contributed by atoms with van der Waals surface area (Å²) in [5.41, 5.74) is -0.525. The van der Waals surface area contributed by atoms with Gasteiger partial charge in [0.15, 0.2) is 0 Å². The van der Waals surface area contributed by atoms with E-state index in [0.717, 1.165) is 11.6 Å². The molecule has 284 valence electrons. The molecule has 1 aliphatic rings. The van der Waals surface area contributed by atoms with Crippen LogP contribution in [0.2, 0.25) is 0 Å². The van der Waals surface area contributed by atoms with Crippen molar-refractivity contribution >= 4 is 45.8 Å². The molecule has 0 spiro atoms. The number of hydrogen-bond acceptors (Lipinski definition) is 5. The third kappa shape index (κ3) is 8.91. The average Bonchev–Trinajstić information content (AvgIpc) is 3.79. The normalized spacial score (nSPS) is 18.0. The average molecular weight is 756 g/mol. The summed E-state index contributed by atoms with van der Waals surface area (Å²) in [5, 5.41) is 12.3. The Bertz CT molecular complexity index is 1950. The van der Waals surface area contributed by atoms with Gasteiger partial charge in [0, 0.05) is 29.6 Å². The molecular weight excluding hydrogens is 711 g/mol. The highest BCUT2D eigenvalue weighted by atomic mass is 32.1. The molecule has 5 atom stereocenters. The maximum absolute atomic E-state index is 14.7. The number of H-pyrrole nitrogens is 1. The number of benzene rings is 2. The van der Waals surface area contributed by atoms with Crippen LogP contribution in [0.25, 0.3) is 10.9 Å². The first-order valence-electron chi connectivity index (χ1n) is 17.8. The van der Waals surface area contributed by atoms with E-state index in [1.807, 2.05) is 20.8 Å². The van der Waals surface area contributed by atoms with Crippen molar-refractivity contribution < 1.29 is 36.4 Å². The smallest absolute Gasteiger partial charge is 0.418 e. The Morgan fingerprint density at radius 3 is 2.36 bits per heavy atom. The van der Waals surface area contributed by atoms with Gasteiger partial charge in [-0.25, -0.2) is 4.39 Å². The van der Waals surface area contributed by atoms with Gasteiger partial charge in [0.05, 0.1) is 41.1 Å². The monoisotopic (exact) mass is 755 g/mol. The van der Waals surface area contributed by atoms with E-state index in [1.165, 1.54) is 30.5 Å². The van der Waals surface area contributed by atoms with Gasteiger partial charge in [0.2, 0.25) is 17.7 Å². The number of rotatable bonds is 14. The first-order valence-corrected chi connectivity index (χ1v) is 18.2. The summed E-state index contributed by atoms with van der Waals surface area (Å²) in [7, 11) is 0. The third-order valence-electron chi connectivity index (χ3n) is 10.4. The number of fused-ring (bicyclic) bond motifs is 3. The lowest BCUT2D eigenvalue weighted by atomic mass is 9.78. The number of para-hydroxylation sites is 1. The van der Waals surface area contributed by atoms with E-state index in [-0.39, 0.29) is 42.7 Å². The molecule has 1 aliphatic carbocycles. The summed E-state index contributed by atoms with van der Waals surface area (Å²) >= 11 is 5.77. The summed E-state index contributed by atoms with van der Waals surface area (Å²) in [6.07, 6.45) is -0.614. The molecule has 5 N–H and O–H groups in total. The number of nitrogens with one attached hydrogen (secondary N) is 5. The Hall–Kier alpha value is -4.72. The van der Waals surface area contributed by atoms with Crippen LogP contribution < -0.4 is 21.3 Å². The van der Waals surface area contributed by atoms with Crippen LogP contribution in [0.5, 0.6) is 0 Å². The second-order valence-corrected chi connectivity index (χ2v) is 14.4. The molecule has 0 bridgehead atoms. The standard InChI is InChI=1S/C39H45F4N5O4S/c1-5-22(3)32(46-31(49)18-25-10-7-8-13-29(25)40)35(50)48-38(37(51)47-33(23(4)6-2)36(53)44-20-24-15-17-52-21-24)16-14-30-27(19-38)26-11-9-12-28(34(26)45-30)39(41,42)43/h7-13,15,17,21-23,32-33,45H,5-6,14,16,18-20H2,1-4H3,(H,44,53)(H,46,49)(H,47,51)(H,48,50)/t22?,23?,32-,33-,38+/m0/s1. The van der Waals surface area contributed by atoms with Crippen LogP contribution >= 0.6 is 12.2 Å². The van der Waals surface area contributed by atoms with Crippen molar-refractivity contribution in [3.8, 4) is 0 Å². The highest BCUT2D eigenvalue weighted by molar-refractivity contribution is 7.80. The van der Waals surface area contributed by atoms with E-state index in [0.29, 0.717) is 41.0 Å². The Morgan fingerprint density at radius 2 is 1.70 bits per heavy atom. The largest absolute Gasteiger partial charge is 0.472 e. The topological polar surface area (TPSA) is 128 Å². The van der Waals surface area contributed by atoms with Gasteiger partial charge in [-0.1, -0.05) is 83.1 Å². The quantitative estimate of drug-likeness (QED) is 0.0722. The van der Waals surface area contributed by atoms with Crippen molar-refractivity contribution in [2.24, 2.45) is 11.8 Å². The zero-order chi connectivity index (χ0) is 38.5. The van der Waals surface area contributed by atoms with Gasteiger partial charge in [-0.2, -0.15) is 13.2 Å². The molecule has 5 rings (SSSR count). The zero-order valence-electron chi connectivity index (χ0n) is 30.1. The molecule has 0 radical (unpaired) electrons. The van der Waals surface area contributed by atoms with Crippen LogP contribution in [0.4, 0.5) is 17.6 Å². The van der Waals surface area contributed by atoms with Crippen molar-refractivity contribution in [1.29, 1.82) is 0 Å². The Labute approximate surface area is 311 Å². The van der Waals surface area contributed by atoms with Crippen LogP contribution in [0.3, 0.4) is 0 Å². The first kappa shape index (κ1) is 39.5. The second-order valence-electron chi connectivity index (χ2n) is 13.9. The maximum Gasteiger partial charge on any atom is 0.418 e. The molecule has 14 heteroatoms. The molecule has 2 aromatic carbocycles. The van der Waals surface area contributed by atoms with Crippen LogP contribution in [-0.2, 0) is 46.4 Å². The number of aromatic nitrogens is 1. The highest BCUT2D eigenvalue weighted by Gasteiger charge is 2.47. The lowest BCUT2D eigenvalue weighted by Gasteiger charge is -2.40. The molecule has 2 heterocycles. The third-order valence-corrected chi connectivity index (χ3v) is 10.8. The van der Waals surface area contributed by atoms with Crippen molar-refractivity contribution in [3.63, 3.8) is 0 Å². The maximum atomic E-state index is 14.7. The van der Waals surface area contributed by atoms with Crippen molar-refractivity contribution in [2.45, 2.75) is 96.6 Å². The molecular formula is C39H45F4N5O4S. The molecule has 2 unspecified atom stereocenters. The highest BCUT2D eigenvalue weighted by Crippen LogP contribution is 2.40. The minimum absolute atomic E-state index is 0.0462. The van der Waals surface area contributed by atoms with Crippen molar-refractivity contribution in [2.75, 3.05) is 0 Å². The van der Waals surface area contributed by atoms with E-state index in [2.05, 4.69) is 26.3 Å². The minimum atomic E-state index is -4.62. The van der Waals surface area contributed by atoms with Gasteiger partial charge < -0.3 is 30.7 Å². The molecule has 2 aromatic heterocycles. The molecule has 9 nitrogen and oxygen atoms in total. The number of hydrogen-bond donors (Lipinski definition) is 5. The van der Waals surface area contributed by atoms with E-state index in [1.54, 1.807) is 31.4 Å². The van der Waals surface area contributed by atoms with E-state index in [9.17, 15) is 31.9 Å². The predicted molar refractivity (Wildman–Crippen MR) is 197 cm³/mol. The van der Waals surface area contributed by atoms with Crippen LogP contribution in [0.15, 0.2) is 65.5 Å². The fourth-order valence-electron chi connectivity index (χ4n) is 6.79. The Morgan fingerprint density at radius 1 is 0.981 bits per heavy atom. The lowest BCUT2D eigenvalue weighted by molar-refractivity contribution is -0.137. The molecule has 0 aliphatic heterocycles. The molecule has 0 saturated heterocycles. The summed E-state index contributed by atoms with van der Waals surface area (Å²) in [5.74, 6) is -2.87. The fourth-order valence-corrected chi connectivity index (χ4v) is 7.16. The van der Waals surface area contributed by atoms with Gasteiger partial charge in [0.25, 0.3) is 0 Å². The number of aryl methyl sites for hydroxylation is 1. The number of amides is 3. The SMILES string of the molecule is CCC(C)[C@H](NC(=O)Cc1ccccc1F)C(=O)N[C@]1(C(=O)N[C@H](C(=S)NCc2ccoc2)C(C)CC)CCc2[nH]c3c(C(F)(F)F)cccc3c2C1. The number of furan rings is 1. The van der Waals surface area contributed by atoms with Crippen LogP contribution in [0, 0.1) is 17.7 Å². The zero-order valence-corrected chi connectivity index (χ0v) is 30.9. The molecule has 0 fully saturated rings. The van der Waals surface area contributed by atoms with Gasteiger partial charge in [0.1, 0.15) is 17.4 Å². The Balaban J connectivity index is 1.49. The van der Waals surface area contributed by atoms with Gasteiger partial charge in [-0.15, -0.1) is 0 Å². The van der Waals surface area contributed by atoms with E-state index in [4.69, 9.17) is 16.6 Å². The van der Waals surface area contributed by atoms with Gasteiger partial charge >= 0.3 is 6.18 Å². The molecule has 53 heavy (non-hydrogen) atoms. The van der Waals surface area contributed by atoms with Crippen molar-refractivity contribution in [3.05, 3.63) is 94.8 Å². The van der Waals surface area contributed by atoms with E-state index >= 15 is 0 Å². The first-order chi connectivity index (χ1) is 25.2. The summed E-state index contributed by atoms with van der Waals surface area (Å²) in [6.45, 7) is 7.87. The number of alkyl halides is 3. The molecule has 3 amide bonds. The second kappa shape index (κ2) is 16.5. The number of carbonyl (C=O) groups excluding carboxylic acids is 3. The van der Waals surface area contributed by atoms with Gasteiger partial charge in [-0.3, -0.25) is 14.4 Å². The summed E-state index contributed by atoms with van der Waals surface area (Å²) in [4.78, 5) is 45.6. The van der Waals surface area contributed by atoms with Crippen molar-refractivity contribution in [1.82, 2.24) is 26.3 Å². The number of thiocarbonyl (C=S) groups is 1. The predicted octanol–water partition coefficient (Wildman–Crippen LogP) is 6.68. The van der Waals surface area contributed by atoms with E-state index < -0.39 is 58.8 Å². The van der Waals surface area contributed by atoms with Gasteiger partial charge in [-0.05, 0) is 54.0 Å². The molecule has 4 aromatic rings. The van der Waals surface area contributed by atoms with Crippen LogP contribution in [-0.4, -0.2) is 45.3 Å². The number of halogens is 4. The number of aromatic amines is 1. The lowest BCUT2D eigenvalue weighted by Crippen LogP contribution is -2.67. The van der Waals surface area contributed by atoms with Crippen LogP contribution in [0.1, 0.15) is 74.9 Å². The fraction of sp³-hybridized carbons (Fsp3) is 0.436. The minimum Gasteiger partial charge on any atom is -0.472 e. The molecule has 0 saturated carbocycles.